The van der Waals surface area contributed by atoms with Gasteiger partial charge >= 0.3 is 0 Å². The molecule has 1 saturated heterocycles. The van der Waals surface area contributed by atoms with E-state index in [9.17, 15) is 24.7 Å². The van der Waals surface area contributed by atoms with Gasteiger partial charge in [0, 0.05) is 43.5 Å². The van der Waals surface area contributed by atoms with E-state index in [4.69, 9.17) is 4.74 Å². The number of pyridine rings is 2. The monoisotopic (exact) mass is 530 g/mol. The number of rotatable bonds is 7. The topological polar surface area (TPSA) is 127 Å². The number of hydrogen-bond acceptors (Lipinski definition) is 8. The molecule has 2 unspecified atom stereocenters. The van der Waals surface area contributed by atoms with Crippen molar-refractivity contribution in [3.63, 3.8) is 0 Å². The Hall–Kier alpha value is -4.53. The number of amides is 1. The van der Waals surface area contributed by atoms with Crippen molar-refractivity contribution < 1.29 is 24.1 Å². The molecular weight excluding hydrogens is 503 g/mol. The number of piperazine rings is 1. The predicted molar refractivity (Wildman–Crippen MR) is 140 cm³/mol. The fraction of sp³-hybridized carbons (Fsp3) is 0.286. The van der Waals surface area contributed by atoms with Gasteiger partial charge in [0.05, 0.1) is 29.6 Å². The summed E-state index contributed by atoms with van der Waals surface area (Å²) in [7, 11) is 0. The highest BCUT2D eigenvalue weighted by Gasteiger charge is 2.27. The largest absolute Gasteiger partial charge is 0.489 e. The number of nitrogens with zero attached hydrogens (tertiary/aromatic N) is 6. The zero-order valence-electron chi connectivity index (χ0n) is 21.2. The smallest absolute Gasteiger partial charge is 0.256 e. The zero-order valence-corrected chi connectivity index (χ0v) is 21.2. The molecule has 10 nitrogen and oxygen atoms in total. The summed E-state index contributed by atoms with van der Waals surface area (Å²) in [6, 6.07) is 13.0. The highest BCUT2D eigenvalue weighted by Crippen LogP contribution is 2.31. The second-order valence-electron chi connectivity index (χ2n) is 9.38. The van der Waals surface area contributed by atoms with Crippen LogP contribution in [0.3, 0.4) is 0 Å². The maximum Gasteiger partial charge on any atom is 0.256 e. The van der Waals surface area contributed by atoms with E-state index < -0.39 is 23.9 Å². The van der Waals surface area contributed by atoms with Crippen LogP contribution in [0.4, 0.5) is 10.2 Å². The van der Waals surface area contributed by atoms with E-state index >= 15 is 0 Å². The highest BCUT2D eigenvalue weighted by molar-refractivity contribution is 5.85. The lowest BCUT2D eigenvalue weighted by molar-refractivity contribution is -0.140. The van der Waals surface area contributed by atoms with E-state index in [1.54, 1.807) is 34.8 Å². The number of halogens is 1. The van der Waals surface area contributed by atoms with Crippen molar-refractivity contribution in [2.24, 2.45) is 0 Å². The number of aromatic nitrogens is 3. The van der Waals surface area contributed by atoms with Gasteiger partial charge in [0.1, 0.15) is 30.1 Å². The Labute approximate surface area is 224 Å². The van der Waals surface area contributed by atoms with Crippen LogP contribution in [0.15, 0.2) is 61.1 Å². The van der Waals surface area contributed by atoms with Gasteiger partial charge in [-0.2, -0.15) is 10.4 Å². The molecule has 0 bridgehead atoms. The summed E-state index contributed by atoms with van der Waals surface area (Å²) >= 11 is 0. The number of fused-ring (bicyclic) bond motifs is 1. The van der Waals surface area contributed by atoms with Gasteiger partial charge in [0.25, 0.3) is 5.91 Å². The number of carbonyl (C=O) groups is 1. The van der Waals surface area contributed by atoms with Crippen LogP contribution < -0.4 is 9.64 Å². The summed E-state index contributed by atoms with van der Waals surface area (Å²) < 4.78 is 20.4. The van der Waals surface area contributed by atoms with Crippen LogP contribution in [0.2, 0.25) is 0 Å². The fourth-order valence-electron chi connectivity index (χ4n) is 4.54. The number of hydrogen-bond donors (Lipinski definition) is 2. The molecule has 1 aromatic carbocycles. The van der Waals surface area contributed by atoms with Crippen molar-refractivity contribution in [1.29, 1.82) is 5.26 Å². The van der Waals surface area contributed by atoms with Gasteiger partial charge in [-0.25, -0.2) is 13.9 Å². The maximum atomic E-state index is 13.2. The first-order valence-electron chi connectivity index (χ1n) is 12.5. The standard InChI is InChI=1S/C28H27FN6O4/c1-18(36)17-39-23-12-24(26-21(13-30)15-32-35(26)16-23)20-4-7-25(31-14-20)33-8-10-34(11-9-33)28(38)27(37)19-2-5-22(29)6-3-19/h2-7,12,14-16,18,27,36-37H,8-11,17H2,1H3. The second-order valence-corrected chi connectivity index (χ2v) is 9.38. The molecule has 5 rings (SSSR count). The number of nitriles is 1. The zero-order chi connectivity index (χ0) is 27.5. The van der Waals surface area contributed by atoms with Crippen molar-refractivity contribution in [1.82, 2.24) is 19.5 Å². The number of carbonyl (C=O) groups excluding carboxylic acids is 1. The van der Waals surface area contributed by atoms with E-state index in [1.807, 2.05) is 12.1 Å². The average molecular weight is 531 g/mol. The molecule has 4 aromatic rings. The number of ether oxygens (including phenoxy) is 1. The molecule has 0 saturated carbocycles. The third kappa shape index (κ3) is 5.52. The molecule has 1 aliphatic rings. The van der Waals surface area contributed by atoms with Crippen LogP contribution in [0.5, 0.6) is 5.75 Å². The lowest BCUT2D eigenvalue weighted by Crippen LogP contribution is -2.50. The molecule has 2 N–H and O–H groups in total. The molecule has 4 heterocycles. The van der Waals surface area contributed by atoms with Crippen LogP contribution in [0.1, 0.15) is 24.2 Å². The molecule has 11 heteroatoms. The van der Waals surface area contributed by atoms with E-state index in [1.165, 1.54) is 30.5 Å². The van der Waals surface area contributed by atoms with E-state index in [0.29, 0.717) is 48.6 Å². The first-order valence-corrected chi connectivity index (χ1v) is 12.5. The van der Waals surface area contributed by atoms with Crippen molar-refractivity contribution in [3.8, 4) is 22.9 Å². The highest BCUT2D eigenvalue weighted by atomic mass is 19.1. The molecule has 0 aliphatic carbocycles. The molecular formula is C28H27FN6O4. The van der Waals surface area contributed by atoms with Crippen LogP contribution in [0, 0.1) is 17.1 Å². The van der Waals surface area contributed by atoms with Gasteiger partial charge in [-0.3, -0.25) is 4.79 Å². The van der Waals surface area contributed by atoms with Gasteiger partial charge in [-0.05, 0) is 42.8 Å². The number of aliphatic hydroxyl groups excluding tert-OH is 2. The van der Waals surface area contributed by atoms with E-state index in [0.717, 1.165) is 16.9 Å². The summed E-state index contributed by atoms with van der Waals surface area (Å²) in [5, 5.41) is 33.9. The van der Waals surface area contributed by atoms with Gasteiger partial charge in [-0.1, -0.05) is 12.1 Å². The summed E-state index contributed by atoms with van der Waals surface area (Å²) in [6.45, 7) is 3.62. The number of aliphatic hydroxyl groups is 2. The summed E-state index contributed by atoms with van der Waals surface area (Å²) in [4.78, 5) is 21.1. The van der Waals surface area contributed by atoms with E-state index in [-0.39, 0.29) is 6.61 Å². The van der Waals surface area contributed by atoms with Crippen LogP contribution >= 0.6 is 0 Å². The van der Waals surface area contributed by atoms with Crippen LogP contribution in [0.25, 0.3) is 16.6 Å². The SMILES string of the molecule is CC(O)COc1cc(-c2ccc(N3CCN(C(=O)C(O)c4ccc(F)cc4)CC3)nc2)c2c(C#N)cnn2c1. The molecule has 2 atom stereocenters. The molecule has 1 fully saturated rings. The van der Waals surface area contributed by atoms with Gasteiger partial charge in [-0.15, -0.1) is 0 Å². The maximum absolute atomic E-state index is 13.2. The Morgan fingerprint density at radius 3 is 2.51 bits per heavy atom. The summed E-state index contributed by atoms with van der Waals surface area (Å²) in [5.74, 6) is 0.388. The van der Waals surface area contributed by atoms with Crippen molar-refractivity contribution in [3.05, 3.63) is 78.0 Å². The quantitative estimate of drug-likeness (QED) is 0.373. The van der Waals surface area contributed by atoms with Gasteiger partial charge in [0.15, 0.2) is 6.10 Å². The molecule has 200 valence electrons. The third-order valence-corrected chi connectivity index (χ3v) is 6.59. The minimum Gasteiger partial charge on any atom is -0.489 e. The van der Waals surface area contributed by atoms with Crippen molar-refractivity contribution in [2.75, 3.05) is 37.7 Å². The Bertz CT molecular complexity index is 1510. The molecule has 0 radical (unpaired) electrons. The minimum atomic E-state index is -1.34. The summed E-state index contributed by atoms with van der Waals surface area (Å²) in [5.41, 5.74) is 2.88. The molecule has 0 spiro atoms. The van der Waals surface area contributed by atoms with Crippen molar-refractivity contribution >= 4 is 17.2 Å². The van der Waals surface area contributed by atoms with Gasteiger partial charge < -0.3 is 24.7 Å². The van der Waals surface area contributed by atoms with Crippen LogP contribution in [-0.4, -0.2) is 74.5 Å². The van der Waals surface area contributed by atoms with Gasteiger partial charge in [0.2, 0.25) is 0 Å². The number of benzene rings is 1. The molecule has 3 aromatic heterocycles. The third-order valence-electron chi connectivity index (χ3n) is 6.59. The summed E-state index contributed by atoms with van der Waals surface area (Å²) in [6.07, 6.45) is 2.89. The lowest BCUT2D eigenvalue weighted by atomic mass is 10.1. The fourth-order valence-corrected chi connectivity index (χ4v) is 4.54. The Balaban J connectivity index is 1.30. The molecule has 1 amide bonds. The van der Waals surface area contributed by atoms with Crippen LogP contribution in [-0.2, 0) is 4.79 Å². The second kappa shape index (κ2) is 11.1. The first-order chi connectivity index (χ1) is 18.8. The first kappa shape index (κ1) is 26.1. The van der Waals surface area contributed by atoms with E-state index in [2.05, 4.69) is 21.1 Å². The molecule has 1 aliphatic heterocycles. The molecule has 39 heavy (non-hydrogen) atoms. The Kier molecular flexibility index (Phi) is 7.40. The average Bonchev–Trinajstić information content (AvgIpc) is 3.38. The van der Waals surface area contributed by atoms with Crippen molar-refractivity contribution in [2.45, 2.75) is 19.1 Å². The Morgan fingerprint density at radius 1 is 1.13 bits per heavy atom. The lowest BCUT2D eigenvalue weighted by Gasteiger charge is -2.36. The predicted octanol–water partition coefficient (Wildman–Crippen LogP) is 2.55. The normalized spacial score (nSPS) is 15.2. The Morgan fingerprint density at radius 2 is 1.87 bits per heavy atom. The number of anilines is 1. The minimum absolute atomic E-state index is 0.115.